The van der Waals surface area contributed by atoms with Gasteiger partial charge in [-0.05, 0) is 12.8 Å². The van der Waals surface area contributed by atoms with Crippen LogP contribution in [0.2, 0.25) is 0 Å². The summed E-state index contributed by atoms with van der Waals surface area (Å²) in [5, 5.41) is 12.3. The Labute approximate surface area is 186 Å². The number of unbranched alkanes of at least 4 members (excludes halogenated alkanes) is 8. The minimum absolute atomic E-state index is 0.0835. The molecule has 0 aliphatic carbocycles. The fourth-order valence-electron chi connectivity index (χ4n) is 2.73. The van der Waals surface area contributed by atoms with E-state index in [1.54, 1.807) is 0 Å². The number of nitrogens with one attached hydrogen (secondary N) is 1. The van der Waals surface area contributed by atoms with Gasteiger partial charge in [-0.15, -0.1) is 0 Å². The fraction of sp³-hybridized carbons (Fsp3) is 0.905. The van der Waals surface area contributed by atoms with Crippen LogP contribution in [0.4, 0.5) is 0 Å². The van der Waals surface area contributed by atoms with E-state index >= 15 is 0 Å². The summed E-state index contributed by atoms with van der Waals surface area (Å²) in [4.78, 5) is 32.8. The van der Waals surface area contributed by atoms with Crippen LogP contribution in [0.25, 0.3) is 0 Å². The lowest BCUT2D eigenvalue weighted by Gasteiger charge is -2.15. The molecule has 0 saturated heterocycles. The van der Waals surface area contributed by atoms with Crippen molar-refractivity contribution in [3.05, 3.63) is 0 Å². The molecule has 10 heteroatoms. The molecule has 0 bridgehead atoms. The Balaban J connectivity index is 3.76. The molecule has 0 aromatic heterocycles. The number of phosphoric ester groups is 1. The molecule has 0 radical (unpaired) electrons. The molecule has 1 amide bonds. The average Bonchev–Trinajstić information content (AvgIpc) is 2.73. The first kappa shape index (κ1) is 30.0. The predicted octanol–water partition coefficient (Wildman–Crippen LogP) is 3.86. The van der Waals surface area contributed by atoms with Gasteiger partial charge in [0.25, 0.3) is 0 Å². The molecule has 2 unspecified atom stereocenters. The van der Waals surface area contributed by atoms with E-state index in [1.165, 1.54) is 0 Å². The minimum Gasteiger partial charge on any atom is -0.463 e. The zero-order valence-electron chi connectivity index (χ0n) is 19.2. The van der Waals surface area contributed by atoms with Crippen LogP contribution >= 0.6 is 7.82 Å². The molecule has 3 N–H and O–H groups in total. The second-order valence-corrected chi connectivity index (χ2v) is 9.07. The van der Waals surface area contributed by atoms with E-state index in [1.807, 2.05) is 0 Å². The van der Waals surface area contributed by atoms with Crippen LogP contribution in [0.15, 0.2) is 0 Å². The van der Waals surface area contributed by atoms with Crippen LogP contribution in [0, 0.1) is 0 Å². The van der Waals surface area contributed by atoms with E-state index in [9.17, 15) is 24.2 Å². The molecule has 184 valence electrons. The lowest BCUT2D eigenvalue weighted by Crippen LogP contribution is -2.27. The van der Waals surface area contributed by atoms with Gasteiger partial charge in [0.15, 0.2) is 0 Å². The van der Waals surface area contributed by atoms with Gasteiger partial charge in [0.1, 0.15) is 12.7 Å². The smallest absolute Gasteiger partial charge is 0.463 e. The molecule has 0 spiro atoms. The SMILES string of the molecule is CCCCCCCC(=O)NCCOP(=O)(O)OCC(O)COC(=O)CCCCCCC. The number of aliphatic hydroxyl groups is 1. The summed E-state index contributed by atoms with van der Waals surface area (Å²) in [6.07, 6.45) is 9.75. The number of esters is 1. The Kier molecular flexibility index (Phi) is 19.0. The molecular formula is C21H42NO8P. The van der Waals surface area contributed by atoms with Gasteiger partial charge in [-0.1, -0.05) is 65.2 Å². The standard InChI is InChI=1S/C21H42NO8P/c1-3-5-7-9-11-13-20(24)22-15-16-29-31(26,27)30-18-19(23)17-28-21(25)14-12-10-8-6-4-2/h19,23H,3-18H2,1-2H3,(H,22,24)(H,26,27). The monoisotopic (exact) mass is 467 g/mol. The zero-order chi connectivity index (χ0) is 23.4. The summed E-state index contributed by atoms with van der Waals surface area (Å²) >= 11 is 0. The number of hydrogen-bond donors (Lipinski definition) is 3. The summed E-state index contributed by atoms with van der Waals surface area (Å²) in [6.45, 7) is 3.30. The highest BCUT2D eigenvalue weighted by Gasteiger charge is 2.23. The summed E-state index contributed by atoms with van der Waals surface area (Å²) in [7, 11) is -4.37. The van der Waals surface area contributed by atoms with Crippen molar-refractivity contribution in [2.45, 2.75) is 97.0 Å². The Morgan fingerprint density at radius 3 is 2.06 bits per heavy atom. The van der Waals surface area contributed by atoms with E-state index in [0.717, 1.165) is 64.2 Å². The van der Waals surface area contributed by atoms with E-state index in [2.05, 4.69) is 19.2 Å². The first-order valence-corrected chi connectivity index (χ1v) is 13.0. The van der Waals surface area contributed by atoms with Crippen molar-refractivity contribution in [1.29, 1.82) is 0 Å². The van der Waals surface area contributed by atoms with Crippen molar-refractivity contribution in [3.8, 4) is 0 Å². The number of ether oxygens (including phenoxy) is 1. The van der Waals surface area contributed by atoms with E-state index in [-0.39, 0.29) is 32.1 Å². The Morgan fingerprint density at radius 1 is 0.871 bits per heavy atom. The van der Waals surface area contributed by atoms with Gasteiger partial charge in [0.05, 0.1) is 13.2 Å². The van der Waals surface area contributed by atoms with Crippen molar-refractivity contribution in [2.24, 2.45) is 0 Å². The number of rotatable bonds is 21. The second kappa shape index (κ2) is 19.7. The van der Waals surface area contributed by atoms with E-state index in [0.29, 0.717) is 6.42 Å². The largest absolute Gasteiger partial charge is 0.472 e. The van der Waals surface area contributed by atoms with Crippen molar-refractivity contribution in [1.82, 2.24) is 5.32 Å². The Bertz CT molecular complexity index is 518. The van der Waals surface area contributed by atoms with Crippen LogP contribution in [0.3, 0.4) is 0 Å². The maximum Gasteiger partial charge on any atom is 0.472 e. The van der Waals surface area contributed by atoms with Gasteiger partial charge >= 0.3 is 13.8 Å². The third-order valence-electron chi connectivity index (χ3n) is 4.54. The lowest BCUT2D eigenvalue weighted by molar-refractivity contribution is -0.147. The van der Waals surface area contributed by atoms with Gasteiger partial charge in [-0.3, -0.25) is 18.6 Å². The van der Waals surface area contributed by atoms with Gasteiger partial charge < -0.3 is 20.1 Å². The maximum atomic E-state index is 11.8. The number of phosphoric acid groups is 1. The summed E-state index contributed by atoms with van der Waals surface area (Å²) in [5.41, 5.74) is 0. The maximum absolute atomic E-state index is 11.8. The molecule has 0 aromatic carbocycles. The van der Waals surface area contributed by atoms with Gasteiger partial charge in [0.2, 0.25) is 5.91 Å². The van der Waals surface area contributed by atoms with E-state index < -0.39 is 26.5 Å². The fourth-order valence-corrected chi connectivity index (χ4v) is 3.49. The number of amides is 1. The average molecular weight is 468 g/mol. The van der Waals surface area contributed by atoms with Crippen LogP contribution in [-0.2, 0) is 27.9 Å². The Hall–Kier alpha value is -0.990. The highest BCUT2D eigenvalue weighted by Crippen LogP contribution is 2.42. The van der Waals surface area contributed by atoms with Gasteiger partial charge in [-0.2, -0.15) is 0 Å². The van der Waals surface area contributed by atoms with Crippen molar-refractivity contribution in [2.75, 3.05) is 26.4 Å². The topological polar surface area (TPSA) is 131 Å². The summed E-state index contributed by atoms with van der Waals surface area (Å²) in [5.74, 6) is -0.545. The van der Waals surface area contributed by atoms with Gasteiger partial charge in [0, 0.05) is 19.4 Å². The number of aliphatic hydroxyl groups excluding tert-OH is 1. The first-order valence-electron chi connectivity index (χ1n) is 11.5. The number of carbonyl (C=O) groups is 2. The van der Waals surface area contributed by atoms with Crippen LogP contribution in [0.5, 0.6) is 0 Å². The molecule has 9 nitrogen and oxygen atoms in total. The molecule has 2 atom stereocenters. The molecule has 0 aromatic rings. The molecule has 0 fully saturated rings. The molecule has 0 heterocycles. The van der Waals surface area contributed by atoms with Crippen LogP contribution < -0.4 is 5.32 Å². The third-order valence-corrected chi connectivity index (χ3v) is 5.52. The second-order valence-electron chi connectivity index (χ2n) is 7.61. The van der Waals surface area contributed by atoms with Crippen molar-refractivity contribution >= 4 is 19.7 Å². The molecule has 0 rings (SSSR count). The first-order chi connectivity index (χ1) is 14.8. The quantitative estimate of drug-likeness (QED) is 0.132. The molecule has 31 heavy (non-hydrogen) atoms. The zero-order valence-corrected chi connectivity index (χ0v) is 20.1. The van der Waals surface area contributed by atoms with Crippen molar-refractivity contribution < 1.29 is 37.9 Å². The number of carbonyl (C=O) groups excluding carboxylic acids is 2. The summed E-state index contributed by atoms with van der Waals surface area (Å²) in [6, 6.07) is 0. The Morgan fingerprint density at radius 2 is 1.45 bits per heavy atom. The summed E-state index contributed by atoms with van der Waals surface area (Å²) < 4.78 is 26.2. The van der Waals surface area contributed by atoms with Crippen molar-refractivity contribution in [3.63, 3.8) is 0 Å². The predicted molar refractivity (Wildman–Crippen MR) is 118 cm³/mol. The third kappa shape index (κ3) is 20.7. The van der Waals surface area contributed by atoms with E-state index in [4.69, 9.17) is 13.8 Å². The van der Waals surface area contributed by atoms with Crippen LogP contribution in [-0.4, -0.2) is 54.3 Å². The highest BCUT2D eigenvalue weighted by atomic mass is 31.2. The lowest BCUT2D eigenvalue weighted by atomic mass is 10.1. The molecule has 0 aliphatic heterocycles. The number of hydrogen-bond acceptors (Lipinski definition) is 7. The molecular weight excluding hydrogens is 425 g/mol. The normalized spacial score (nSPS) is 14.1. The van der Waals surface area contributed by atoms with Gasteiger partial charge in [-0.25, -0.2) is 4.57 Å². The highest BCUT2D eigenvalue weighted by molar-refractivity contribution is 7.47. The minimum atomic E-state index is -4.37. The van der Waals surface area contributed by atoms with Crippen LogP contribution in [0.1, 0.15) is 90.9 Å². The molecule has 0 saturated carbocycles. The molecule has 0 aliphatic rings.